The molecule has 0 fully saturated rings. The Labute approximate surface area is 88.5 Å². The molecule has 15 heavy (non-hydrogen) atoms. The van der Waals surface area contributed by atoms with Crippen LogP contribution in [0.4, 0.5) is 5.82 Å². The molecule has 0 aliphatic carbocycles. The first-order valence-electron chi connectivity index (χ1n) is 5.16. The van der Waals surface area contributed by atoms with Gasteiger partial charge in [0.25, 0.3) is 0 Å². The van der Waals surface area contributed by atoms with E-state index in [-0.39, 0.29) is 0 Å². The van der Waals surface area contributed by atoms with Gasteiger partial charge in [0.05, 0.1) is 11.6 Å². The maximum atomic E-state index is 4.31. The van der Waals surface area contributed by atoms with Gasteiger partial charge >= 0.3 is 0 Å². The van der Waals surface area contributed by atoms with Crippen LogP contribution in [0.5, 0.6) is 0 Å². The summed E-state index contributed by atoms with van der Waals surface area (Å²) in [5.41, 5.74) is 0.885. The largest absolute Gasteiger partial charge is 0.370 e. The molecule has 0 saturated heterocycles. The quantitative estimate of drug-likeness (QED) is 0.830. The summed E-state index contributed by atoms with van der Waals surface area (Å²) in [6.45, 7) is 7.06. The highest BCUT2D eigenvalue weighted by molar-refractivity contribution is 5.86. The lowest BCUT2D eigenvalue weighted by molar-refractivity contribution is 0.546. The molecule has 2 heterocycles. The van der Waals surface area contributed by atoms with E-state index >= 15 is 0 Å². The zero-order valence-corrected chi connectivity index (χ0v) is 9.23. The lowest BCUT2D eigenvalue weighted by atomic mass is 10.3. The minimum atomic E-state index is 0.312. The summed E-state index contributed by atoms with van der Waals surface area (Å²) in [6.07, 6.45) is 3.38. The first-order valence-corrected chi connectivity index (χ1v) is 5.16. The van der Waals surface area contributed by atoms with Crippen molar-refractivity contribution >= 4 is 16.9 Å². The Morgan fingerprint density at radius 3 is 2.87 bits per heavy atom. The van der Waals surface area contributed by atoms with Gasteiger partial charge in [-0.1, -0.05) is 0 Å². The van der Waals surface area contributed by atoms with Crippen LogP contribution in [0.15, 0.2) is 12.5 Å². The van der Waals surface area contributed by atoms with E-state index in [1.165, 1.54) is 0 Å². The molecule has 5 nitrogen and oxygen atoms in total. The monoisotopic (exact) mass is 205 g/mol. The van der Waals surface area contributed by atoms with Crippen molar-refractivity contribution in [1.29, 1.82) is 0 Å². The lowest BCUT2D eigenvalue weighted by Crippen LogP contribution is -2.04. The van der Waals surface area contributed by atoms with Crippen molar-refractivity contribution in [2.75, 3.05) is 11.9 Å². The molecule has 2 aromatic rings. The topological polar surface area (TPSA) is 55.6 Å². The number of anilines is 1. The highest BCUT2D eigenvalue weighted by atomic mass is 15.3. The maximum absolute atomic E-state index is 4.31. The molecular weight excluding hydrogens is 190 g/mol. The molecule has 2 rings (SSSR count). The molecule has 0 atom stereocenters. The van der Waals surface area contributed by atoms with Gasteiger partial charge in [-0.3, -0.25) is 0 Å². The van der Waals surface area contributed by atoms with Crippen LogP contribution in [0.3, 0.4) is 0 Å². The molecule has 0 unspecified atom stereocenters. The highest BCUT2D eigenvalue weighted by Crippen LogP contribution is 2.20. The third-order valence-corrected chi connectivity index (χ3v) is 2.22. The second kappa shape index (κ2) is 3.84. The second-order valence-corrected chi connectivity index (χ2v) is 3.67. The normalized spacial score (nSPS) is 11.2. The molecule has 0 aromatic carbocycles. The van der Waals surface area contributed by atoms with Crippen LogP contribution in [-0.4, -0.2) is 26.3 Å². The van der Waals surface area contributed by atoms with Crippen molar-refractivity contribution in [2.24, 2.45) is 0 Å². The van der Waals surface area contributed by atoms with Crippen molar-refractivity contribution < 1.29 is 0 Å². The molecule has 0 bridgehead atoms. The van der Waals surface area contributed by atoms with E-state index in [0.29, 0.717) is 6.04 Å². The van der Waals surface area contributed by atoms with Gasteiger partial charge in [-0.05, 0) is 20.8 Å². The summed E-state index contributed by atoms with van der Waals surface area (Å²) in [6, 6.07) is 0.312. The Hall–Kier alpha value is -1.65. The average Bonchev–Trinajstić information content (AvgIpc) is 2.62. The Balaban J connectivity index is 2.58. The predicted molar refractivity (Wildman–Crippen MR) is 59.9 cm³/mol. The van der Waals surface area contributed by atoms with Gasteiger partial charge in [-0.15, -0.1) is 0 Å². The molecule has 1 N–H and O–H groups in total. The smallest absolute Gasteiger partial charge is 0.163 e. The van der Waals surface area contributed by atoms with Crippen LogP contribution < -0.4 is 5.32 Å². The molecule has 0 spiro atoms. The van der Waals surface area contributed by atoms with Gasteiger partial charge in [0.1, 0.15) is 12.1 Å². The van der Waals surface area contributed by atoms with Gasteiger partial charge in [0.2, 0.25) is 0 Å². The van der Waals surface area contributed by atoms with Crippen LogP contribution in [0.2, 0.25) is 0 Å². The fourth-order valence-corrected chi connectivity index (χ4v) is 1.55. The van der Waals surface area contributed by atoms with Crippen LogP contribution in [-0.2, 0) is 0 Å². The molecule has 0 saturated carbocycles. The van der Waals surface area contributed by atoms with E-state index < -0.39 is 0 Å². The Kier molecular flexibility index (Phi) is 2.53. The average molecular weight is 205 g/mol. The van der Waals surface area contributed by atoms with E-state index in [9.17, 15) is 0 Å². The van der Waals surface area contributed by atoms with Crippen molar-refractivity contribution in [1.82, 2.24) is 19.7 Å². The number of nitrogens with one attached hydrogen (secondary N) is 1. The summed E-state index contributed by atoms with van der Waals surface area (Å²) >= 11 is 0. The minimum Gasteiger partial charge on any atom is -0.370 e. The van der Waals surface area contributed by atoms with E-state index in [0.717, 1.165) is 23.4 Å². The molecule has 0 aliphatic rings. The first-order chi connectivity index (χ1) is 7.24. The number of hydrogen-bond donors (Lipinski definition) is 1. The molecular formula is C10H15N5. The van der Waals surface area contributed by atoms with E-state index in [1.54, 1.807) is 6.33 Å². The summed E-state index contributed by atoms with van der Waals surface area (Å²) in [4.78, 5) is 8.45. The summed E-state index contributed by atoms with van der Waals surface area (Å²) in [5.74, 6) is 0.856. The molecule has 5 heteroatoms. The van der Waals surface area contributed by atoms with Gasteiger partial charge in [-0.25, -0.2) is 14.6 Å². The van der Waals surface area contributed by atoms with Gasteiger partial charge < -0.3 is 5.32 Å². The summed E-state index contributed by atoms with van der Waals surface area (Å²) in [7, 11) is 0. The zero-order valence-electron chi connectivity index (χ0n) is 9.23. The molecule has 80 valence electrons. The third kappa shape index (κ3) is 1.65. The number of nitrogens with zero attached hydrogens (tertiary/aromatic N) is 4. The predicted octanol–water partition coefficient (Wildman–Crippen LogP) is 1.84. The van der Waals surface area contributed by atoms with Crippen LogP contribution in [0.25, 0.3) is 11.0 Å². The van der Waals surface area contributed by atoms with Crippen molar-refractivity contribution in [3.05, 3.63) is 12.5 Å². The first kappa shape index (κ1) is 9.89. The summed E-state index contributed by atoms with van der Waals surface area (Å²) < 4.78 is 1.90. The molecule has 0 aliphatic heterocycles. The van der Waals surface area contributed by atoms with Crippen molar-refractivity contribution in [3.8, 4) is 0 Å². The molecule has 0 radical (unpaired) electrons. The van der Waals surface area contributed by atoms with Crippen LogP contribution in [0, 0.1) is 0 Å². The molecule has 2 aromatic heterocycles. The Morgan fingerprint density at radius 2 is 2.20 bits per heavy atom. The Bertz CT molecular complexity index is 460. The van der Waals surface area contributed by atoms with E-state index in [1.807, 2.05) is 17.8 Å². The number of hydrogen-bond acceptors (Lipinski definition) is 4. The number of aromatic nitrogens is 4. The van der Waals surface area contributed by atoms with E-state index in [2.05, 4.69) is 34.2 Å². The van der Waals surface area contributed by atoms with Crippen LogP contribution in [0.1, 0.15) is 26.8 Å². The van der Waals surface area contributed by atoms with Gasteiger partial charge in [0.15, 0.2) is 5.65 Å². The van der Waals surface area contributed by atoms with Gasteiger partial charge in [0, 0.05) is 12.6 Å². The third-order valence-electron chi connectivity index (χ3n) is 2.22. The second-order valence-electron chi connectivity index (χ2n) is 3.67. The minimum absolute atomic E-state index is 0.312. The van der Waals surface area contributed by atoms with Crippen molar-refractivity contribution in [2.45, 2.75) is 26.8 Å². The zero-order chi connectivity index (χ0) is 10.8. The SMILES string of the molecule is CCNc1ncnc2c1cnn2C(C)C. The fourth-order valence-electron chi connectivity index (χ4n) is 1.55. The number of rotatable bonds is 3. The van der Waals surface area contributed by atoms with Gasteiger partial charge in [-0.2, -0.15) is 5.10 Å². The maximum Gasteiger partial charge on any atom is 0.163 e. The molecule has 0 amide bonds. The highest BCUT2D eigenvalue weighted by Gasteiger charge is 2.10. The van der Waals surface area contributed by atoms with Crippen molar-refractivity contribution in [3.63, 3.8) is 0 Å². The van der Waals surface area contributed by atoms with Crippen LogP contribution >= 0.6 is 0 Å². The lowest BCUT2D eigenvalue weighted by Gasteiger charge is -2.06. The summed E-state index contributed by atoms with van der Waals surface area (Å²) in [5, 5.41) is 8.49. The number of fused-ring (bicyclic) bond motifs is 1. The van der Waals surface area contributed by atoms with E-state index in [4.69, 9.17) is 0 Å². The standard InChI is InChI=1S/C10H15N5/c1-4-11-9-8-5-14-15(7(2)3)10(8)13-6-12-9/h5-7H,4H2,1-3H3,(H,11,12,13). The fraction of sp³-hybridized carbons (Fsp3) is 0.500. The Morgan fingerprint density at radius 1 is 1.40 bits per heavy atom.